The SMILES string of the molecule is Nc1ccc(C(=O)Cc2ccc(Cl)cc2F)nc1. The molecule has 0 aliphatic rings. The van der Waals surface area contributed by atoms with Gasteiger partial charge in [-0.1, -0.05) is 17.7 Å². The van der Waals surface area contributed by atoms with Crippen LogP contribution in [0.25, 0.3) is 0 Å². The molecule has 3 nitrogen and oxygen atoms in total. The molecule has 0 aliphatic heterocycles. The third kappa shape index (κ3) is 2.84. The number of aromatic nitrogens is 1. The first-order valence-corrected chi connectivity index (χ1v) is 5.63. The topological polar surface area (TPSA) is 56.0 Å². The van der Waals surface area contributed by atoms with Gasteiger partial charge in [-0.3, -0.25) is 9.78 Å². The molecule has 0 amide bonds. The highest BCUT2D eigenvalue weighted by molar-refractivity contribution is 6.30. The maximum Gasteiger partial charge on any atom is 0.185 e. The first-order valence-electron chi connectivity index (χ1n) is 5.25. The van der Waals surface area contributed by atoms with Gasteiger partial charge >= 0.3 is 0 Å². The molecule has 1 aromatic carbocycles. The van der Waals surface area contributed by atoms with Crippen molar-refractivity contribution in [1.29, 1.82) is 0 Å². The van der Waals surface area contributed by atoms with Crippen LogP contribution in [-0.4, -0.2) is 10.8 Å². The highest BCUT2D eigenvalue weighted by Gasteiger charge is 2.11. The van der Waals surface area contributed by atoms with Gasteiger partial charge in [-0.25, -0.2) is 4.39 Å². The van der Waals surface area contributed by atoms with Crippen LogP contribution in [0.5, 0.6) is 0 Å². The molecule has 0 spiro atoms. The van der Waals surface area contributed by atoms with Crippen molar-refractivity contribution < 1.29 is 9.18 Å². The monoisotopic (exact) mass is 264 g/mol. The Kier molecular flexibility index (Phi) is 3.58. The largest absolute Gasteiger partial charge is 0.397 e. The Hall–Kier alpha value is -1.94. The van der Waals surface area contributed by atoms with Crippen LogP contribution in [0.4, 0.5) is 10.1 Å². The molecule has 0 bridgehead atoms. The summed E-state index contributed by atoms with van der Waals surface area (Å²) in [6, 6.07) is 7.32. The maximum absolute atomic E-state index is 13.5. The molecule has 92 valence electrons. The Bertz CT molecular complexity index is 584. The van der Waals surface area contributed by atoms with Crippen molar-refractivity contribution in [1.82, 2.24) is 4.98 Å². The second kappa shape index (κ2) is 5.14. The molecule has 0 unspecified atom stereocenters. The van der Waals surface area contributed by atoms with Gasteiger partial charge in [0.05, 0.1) is 11.9 Å². The van der Waals surface area contributed by atoms with Crippen molar-refractivity contribution in [3.05, 3.63) is 58.6 Å². The number of nitrogen functional groups attached to an aromatic ring is 1. The van der Waals surface area contributed by atoms with E-state index in [4.69, 9.17) is 17.3 Å². The molecule has 0 fully saturated rings. The van der Waals surface area contributed by atoms with Crippen molar-refractivity contribution in [2.75, 3.05) is 5.73 Å². The van der Waals surface area contributed by atoms with Gasteiger partial charge in [0.15, 0.2) is 5.78 Å². The number of Topliss-reactive ketones (excluding diaryl/α,β-unsaturated/α-hetero) is 1. The molecule has 5 heteroatoms. The average molecular weight is 265 g/mol. The van der Waals surface area contributed by atoms with E-state index < -0.39 is 5.82 Å². The van der Waals surface area contributed by atoms with E-state index in [1.54, 1.807) is 12.1 Å². The zero-order valence-corrected chi connectivity index (χ0v) is 10.1. The molecule has 1 aromatic heterocycles. The number of anilines is 1. The summed E-state index contributed by atoms with van der Waals surface area (Å²) in [5, 5.41) is 0.300. The van der Waals surface area contributed by atoms with Crippen LogP contribution in [0.1, 0.15) is 16.1 Å². The number of benzene rings is 1. The molecular weight excluding hydrogens is 255 g/mol. The van der Waals surface area contributed by atoms with Crippen molar-refractivity contribution in [2.45, 2.75) is 6.42 Å². The van der Waals surface area contributed by atoms with Gasteiger partial charge < -0.3 is 5.73 Å². The number of carbonyl (C=O) groups excluding carboxylic acids is 1. The van der Waals surface area contributed by atoms with Crippen LogP contribution in [0.2, 0.25) is 5.02 Å². The molecule has 1 heterocycles. The smallest absolute Gasteiger partial charge is 0.185 e. The lowest BCUT2D eigenvalue weighted by Crippen LogP contribution is -2.07. The maximum atomic E-state index is 13.5. The summed E-state index contributed by atoms with van der Waals surface area (Å²) in [5.74, 6) is -0.762. The average Bonchev–Trinajstić information content (AvgIpc) is 2.33. The van der Waals surface area contributed by atoms with Crippen LogP contribution in [0.3, 0.4) is 0 Å². The summed E-state index contributed by atoms with van der Waals surface area (Å²) in [7, 11) is 0. The number of rotatable bonds is 3. The molecule has 0 atom stereocenters. The van der Waals surface area contributed by atoms with Gasteiger partial charge in [0, 0.05) is 11.4 Å². The first kappa shape index (κ1) is 12.5. The van der Waals surface area contributed by atoms with Gasteiger partial charge in [0.1, 0.15) is 11.5 Å². The minimum absolute atomic E-state index is 0.0556. The van der Waals surface area contributed by atoms with Crippen LogP contribution < -0.4 is 5.73 Å². The van der Waals surface area contributed by atoms with Gasteiger partial charge in [-0.15, -0.1) is 0 Å². The first-order chi connectivity index (χ1) is 8.56. The molecule has 0 saturated carbocycles. The third-order valence-corrected chi connectivity index (χ3v) is 2.67. The summed E-state index contributed by atoms with van der Waals surface area (Å²) in [4.78, 5) is 15.8. The summed E-state index contributed by atoms with van der Waals surface area (Å²) >= 11 is 5.64. The van der Waals surface area contributed by atoms with E-state index in [9.17, 15) is 9.18 Å². The molecule has 2 rings (SSSR count). The van der Waals surface area contributed by atoms with Crippen molar-refractivity contribution in [3.63, 3.8) is 0 Å². The molecular formula is C13H10ClFN2O. The Morgan fingerprint density at radius 1 is 1.33 bits per heavy atom. The van der Waals surface area contributed by atoms with E-state index in [-0.39, 0.29) is 17.9 Å². The summed E-state index contributed by atoms with van der Waals surface area (Å²) in [6.45, 7) is 0. The van der Waals surface area contributed by atoms with Gasteiger partial charge in [-0.2, -0.15) is 0 Å². The molecule has 0 saturated heterocycles. The van der Waals surface area contributed by atoms with E-state index in [0.29, 0.717) is 16.3 Å². The van der Waals surface area contributed by atoms with Crippen LogP contribution in [0, 0.1) is 5.82 Å². The quantitative estimate of drug-likeness (QED) is 0.868. The molecule has 2 N–H and O–H groups in total. The minimum Gasteiger partial charge on any atom is -0.397 e. The Morgan fingerprint density at radius 3 is 2.72 bits per heavy atom. The molecule has 18 heavy (non-hydrogen) atoms. The van der Waals surface area contributed by atoms with Crippen LogP contribution in [-0.2, 0) is 6.42 Å². The van der Waals surface area contributed by atoms with E-state index in [2.05, 4.69) is 4.98 Å². The van der Waals surface area contributed by atoms with Crippen molar-refractivity contribution >= 4 is 23.1 Å². The lowest BCUT2D eigenvalue weighted by Gasteiger charge is -2.03. The fourth-order valence-corrected chi connectivity index (χ4v) is 1.66. The second-order valence-corrected chi connectivity index (χ2v) is 4.25. The number of ketones is 1. The number of pyridine rings is 1. The second-order valence-electron chi connectivity index (χ2n) is 3.81. The zero-order valence-electron chi connectivity index (χ0n) is 9.36. The molecule has 0 radical (unpaired) electrons. The third-order valence-electron chi connectivity index (χ3n) is 2.44. The van der Waals surface area contributed by atoms with E-state index in [0.717, 1.165) is 0 Å². The highest BCUT2D eigenvalue weighted by Crippen LogP contribution is 2.16. The predicted octanol–water partition coefficient (Wildman–Crippen LogP) is 2.88. The van der Waals surface area contributed by atoms with Gasteiger partial charge in [-0.05, 0) is 29.8 Å². The summed E-state index contributed by atoms with van der Waals surface area (Å²) in [6.07, 6.45) is 1.34. The lowest BCUT2D eigenvalue weighted by molar-refractivity contribution is 0.0987. The van der Waals surface area contributed by atoms with E-state index in [1.807, 2.05) is 0 Å². The molecule has 2 aromatic rings. The number of nitrogens with two attached hydrogens (primary N) is 1. The van der Waals surface area contributed by atoms with Crippen molar-refractivity contribution in [3.8, 4) is 0 Å². The Morgan fingerprint density at radius 2 is 2.11 bits per heavy atom. The normalized spacial score (nSPS) is 10.3. The van der Waals surface area contributed by atoms with Crippen LogP contribution in [0.15, 0.2) is 36.5 Å². The number of carbonyl (C=O) groups is 1. The van der Waals surface area contributed by atoms with E-state index >= 15 is 0 Å². The number of hydrogen-bond donors (Lipinski definition) is 1. The summed E-state index contributed by atoms with van der Waals surface area (Å²) in [5.41, 5.74) is 6.50. The Labute approximate surface area is 108 Å². The lowest BCUT2D eigenvalue weighted by atomic mass is 10.1. The number of halogens is 2. The standard InChI is InChI=1S/C13H10ClFN2O/c14-9-2-1-8(11(15)6-9)5-13(18)12-4-3-10(16)7-17-12/h1-4,6-7H,5,16H2. The van der Waals surface area contributed by atoms with Gasteiger partial charge in [0.2, 0.25) is 0 Å². The summed E-state index contributed by atoms with van der Waals surface area (Å²) < 4.78 is 13.5. The number of hydrogen-bond acceptors (Lipinski definition) is 3. The fraction of sp³-hybridized carbons (Fsp3) is 0.0769. The number of nitrogens with zero attached hydrogens (tertiary/aromatic N) is 1. The Balaban J connectivity index is 2.18. The predicted molar refractivity (Wildman–Crippen MR) is 68.1 cm³/mol. The van der Waals surface area contributed by atoms with Gasteiger partial charge in [0.25, 0.3) is 0 Å². The van der Waals surface area contributed by atoms with E-state index in [1.165, 1.54) is 24.4 Å². The highest BCUT2D eigenvalue weighted by atomic mass is 35.5. The fourth-order valence-electron chi connectivity index (χ4n) is 1.50. The molecule has 0 aliphatic carbocycles. The zero-order chi connectivity index (χ0) is 13.1. The minimum atomic E-state index is -0.494. The van der Waals surface area contributed by atoms with Crippen LogP contribution >= 0.6 is 11.6 Å². The van der Waals surface area contributed by atoms with Crippen molar-refractivity contribution in [2.24, 2.45) is 0 Å².